The number of hydrogen-bond acceptors (Lipinski definition) is 4. The van der Waals surface area contributed by atoms with E-state index in [2.05, 4.69) is 5.32 Å². The second-order valence-electron chi connectivity index (χ2n) is 7.17. The van der Waals surface area contributed by atoms with Crippen LogP contribution in [0.2, 0.25) is 0 Å². The minimum absolute atomic E-state index is 0.365. The summed E-state index contributed by atoms with van der Waals surface area (Å²) in [7, 11) is 0. The smallest absolute Gasteiger partial charge is 0.413 e. The number of carboxylic acids is 1. The van der Waals surface area contributed by atoms with Crippen LogP contribution in [-0.2, 0) is 9.59 Å². The Morgan fingerprint density at radius 3 is 2.30 bits per heavy atom. The van der Waals surface area contributed by atoms with E-state index in [0.717, 1.165) is 0 Å². The number of benzene rings is 1. The number of para-hydroxylation sites is 1. The van der Waals surface area contributed by atoms with Gasteiger partial charge in [0.05, 0.1) is 0 Å². The fourth-order valence-electron chi connectivity index (χ4n) is 2.84. The molecule has 27 heavy (non-hydrogen) atoms. The fourth-order valence-corrected chi connectivity index (χ4v) is 2.84. The molecule has 0 bridgehead atoms. The zero-order valence-corrected chi connectivity index (χ0v) is 16.7. The summed E-state index contributed by atoms with van der Waals surface area (Å²) >= 11 is 0. The molecule has 1 aliphatic rings. The number of carboxylic acid groups (broad SMARTS) is 1. The maximum atomic E-state index is 12.9. The van der Waals surface area contributed by atoms with Crippen LogP contribution in [0.25, 0.3) is 0 Å². The summed E-state index contributed by atoms with van der Waals surface area (Å²) in [5.41, 5.74) is -0.599. The Kier molecular flexibility index (Phi) is 8.28. The zero-order valence-electron chi connectivity index (χ0n) is 16.7. The van der Waals surface area contributed by atoms with Crippen molar-refractivity contribution in [1.29, 1.82) is 0 Å². The lowest BCUT2D eigenvalue weighted by atomic mass is 9.85. The van der Waals surface area contributed by atoms with Gasteiger partial charge in [-0.2, -0.15) is 0 Å². The normalized spacial score (nSPS) is 17.4. The molecule has 7 heteroatoms. The van der Waals surface area contributed by atoms with Gasteiger partial charge in [-0.05, 0) is 30.4 Å². The van der Waals surface area contributed by atoms with Crippen LogP contribution in [0.3, 0.4) is 0 Å². The van der Waals surface area contributed by atoms with Gasteiger partial charge in [-0.15, -0.1) is 0 Å². The fraction of sp³-hybridized carbons (Fsp3) is 0.550. The van der Waals surface area contributed by atoms with Crippen LogP contribution < -0.4 is 10.1 Å². The molecule has 2 amide bonds. The van der Waals surface area contributed by atoms with Gasteiger partial charge >= 0.3 is 12.1 Å². The van der Waals surface area contributed by atoms with Crippen LogP contribution in [0.5, 0.6) is 5.75 Å². The number of rotatable bonds is 4. The third-order valence-electron chi connectivity index (χ3n) is 4.15. The average molecular weight is 378 g/mol. The molecule has 1 aromatic carbocycles. The summed E-state index contributed by atoms with van der Waals surface area (Å²) in [4.78, 5) is 37.8. The first kappa shape index (κ1) is 22.5. The van der Waals surface area contributed by atoms with E-state index >= 15 is 0 Å². The molecular weight excluding hydrogens is 348 g/mol. The quantitative estimate of drug-likeness (QED) is 0.838. The standard InChI is InChI=1S/C18H24N2O5.C2H6/c1-18(2,3)14(15(21)20-11-7-10-13(20)16(22)23)19-17(24)25-12-8-5-4-6-9-12;1-2/h4-6,8-9,13-14H,7,10-11H2,1-3H3,(H,19,24)(H,22,23);1-2H3. The molecule has 0 aromatic heterocycles. The highest BCUT2D eigenvalue weighted by Gasteiger charge is 2.42. The van der Waals surface area contributed by atoms with Crippen molar-refractivity contribution < 1.29 is 24.2 Å². The van der Waals surface area contributed by atoms with Gasteiger partial charge in [-0.25, -0.2) is 9.59 Å². The molecule has 1 aliphatic heterocycles. The topological polar surface area (TPSA) is 95.9 Å². The number of aliphatic carboxylic acids is 1. The maximum absolute atomic E-state index is 12.9. The lowest BCUT2D eigenvalue weighted by Gasteiger charge is -2.34. The SMILES string of the molecule is CC.CC(C)(C)C(NC(=O)Oc1ccccc1)C(=O)N1CCCC1C(=O)O. The number of nitrogens with one attached hydrogen (secondary N) is 1. The highest BCUT2D eigenvalue weighted by molar-refractivity contribution is 5.90. The van der Waals surface area contributed by atoms with E-state index in [-0.39, 0.29) is 0 Å². The Bertz CT molecular complexity index is 640. The number of carbonyl (C=O) groups excluding carboxylic acids is 2. The number of hydrogen-bond donors (Lipinski definition) is 2. The van der Waals surface area contributed by atoms with Crippen molar-refractivity contribution >= 4 is 18.0 Å². The lowest BCUT2D eigenvalue weighted by molar-refractivity contribution is -0.150. The first-order valence-corrected chi connectivity index (χ1v) is 9.27. The second-order valence-corrected chi connectivity index (χ2v) is 7.17. The zero-order chi connectivity index (χ0) is 20.6. The van der Waals surface area contributed by atoms with Crippen LogP contribution in [0.15, 0.2) is 30.3 Å². The predicted molar refractivity (Wildman–Crippen MR) is 103 cm³/mol. The molecule has 0 spiro atoms. The van der Waals surface area contributed by atoms with Crippen molar-refractivity contribution in [2.75, 3.05) is 6.54 Å². The summed E-state index contributed by atoms with van der Waals surface area (Å²) in [6.07, 6.45) is 0.311. The van der Waals surface area contributed by atoms with Crippen molar-refractivity contribution in [3.63, 3.8) is 0 Å². The van der Waals surface area contributed by atoms with E-state index in [1.807, 2.05) is 34.6 Å². The lowest BCUT2D eigenvalue weighted by Crippen LogP contribution is -2.57. The van der Waals surface area contributed by atoms with Gasteiger partial charge in [0.1, 0.15) is 17.8 Å². The molecule has 2 atom stereocenters. The minimum atomic E-state index is -1.02. The van der Waals surface area contributed by atoms with E-state index in [0.29, 0.717) is 25.1 Å². The molecule has 0 radical (unpaired) electrons. The van der Waals surface area contributed by atoms with Crippen LogP contribution in [-0.4, -0.2) is 46.6 Å². The first-order chi connectivity index (χ1) is 12.7. The van der Waals surface area contributed by atoms with Crippen molar-refractivity contribution in [2.24, 2.45) is 5.41 Å². The molecular formula is C20H30N2O5. The van der Waals surface area contributed by atoms with Crippen molar-refractivity contribution in [3.05, 3.63) is 30.3 Å². The molecule has 7 nitrogen and oxygen atoms in total. The molecule has 1 saturated heterocycles. The first-order valence-electron chi connectivity index (χ1n) is 9.27. The van der Waals surface area contributed by atoms with Crippen LogP contribution >= 0.6 is 0 Å². The highest BCUT2D eigenvalue weighted by atomic mass is 16.6. The summed E-state index contributed by atoms with van der Waals surface area (Å²) in [5, 5.41) is 11.9. The molecule has 2 N–H and O–H groups in total. The number of carbonyl (C=O) groups is 3. The number of likely N-dealkylation sites (tertiary alicyclic amines) is 1. The Balaban J connectivity index is 0.00000176. The molecule has 2 rings (SSSR count). The van der Waals surface area contributed by atoms with Crippen LogP contribution in [0.4, 0.5) is 4.79 Å². The largest absolute Gasteiger partial charge is 0.480 e. The van der Waals surface area contributed by atoms with Crippen LogP contribution in [0, 0.1) is 5.41 Å². The Morgan fingerprint density at radius 2 is 1.78 bits per heavy atom. The minimum Gasteiger partial charge on any atom is -0.480 e. The van der Waals surface area contributed by atoms with Gasteiger partial charge < -0.3 is 20.1 Å². The summed E-state index contributed by atoms with van der Waals surface area (Å²) < 4.78 is 5.19. The Labute approximate surface area is 160 Å². The third-order valence-corrected chi connectivity index (χ3v) is 4.15. The number of amides is 2. The van der Waals surface area contributed by atoms with Gasteiger partial charge in [-0.1, -0.05) is 52.8 Å². The molecule has 0 aliphatic carbocycles. The van der Waals surface area contributed by atoms with Crippen molar-refractivity contribution in [2.45, 2.75) is 59.5 Å². The van der Waals surface area contributed by atoms with E-state index in [1.165, 1.54) is 4.90 Å². The monoisotopic (exact) mass is 378 g/mol. The van der Waals surface area contributed by atoms with Crippen molar-refractivity contribution in [3.8, 4) is 5.75 Å². The van der Waals surface area contributed by atoms with Crippen LogP contribution in [0.1, 0.15) is 47.5 Å². The van der Waals surface area contributed by atoms with E-state index in [4.69, 9.17) is 4.74 Å². The van der Waals surface area contributed by atoms with Gasteiger partial charge in [-0.3, -0.25) is 4.79 Å². The molecule has 1 fully saturated rings. The molecule has 0 saturated carbocycles. The average Bonchev–Trinajstić information content (AvgIpc) is 3.11. The van der Waals surface area contributed by atoms with Gasteiger partial charge in [0.15, 0.2) is 0 Å². The summed E-state index contributed by atoms with van der Waals surface area (Å²) in [5.74, 6) is -1.06. The third kappa shape index (κ3) is 6.27. The van der Waals surface area contributed by atoms with E-state index in [1.54, 1.807) is 30.3 Å². The van der Waals surface area contributed by atoms with Gasteiger partial charge in [0.2, 0.25) is 5.91 Å². The number of nitrogens with zero attached hydrogens (tertiary/aromatic N) is 1. The van der Waals surface area contributed by atoms with E-state index < -0.39 is 35.5 Å². The molecule has 2 unspecified atom stereocenters. The van der Waals surface area contributed by atoms with Gasteiger partial charge in [0, 0.05) is 6.54 Å². The maximum Gasteiger partial charge on any atom is 0.413 e. The molecule has 150 valence electrons. The summed E-state index contributed by atoms with van der Waals surface area (Å²) in [6, 6.07) is 6.80. The highest BCUT2D eigenvalue weighted by Crippen LogP contribution is 2.26. The Morgan fingerprint density at radius 1 is 1.19 bits per heavy atom. The molecule has 1 heterocycles. The molecule has 1 aromatic rings. The Hall–Kier alpha value is -2.57. The van der Waals surface area contributed by atoms with E-state index in [9.17, 15) is 19.5 Å². The van der Waals surface area contributed by atoms with Crippen molar-refractivity contribution in [1.82, 2.24) is 10.2 Å². The second kappa shape index (κ2) is 9.94. The number of ether oxygens (including phenoxy) is 1. The summed E-state index contributed by atoms with van der Waals surface area (Å²) in [6.45, 7) is 9.80. The van der Waals surface area contributed by atoms with Gasteiger partial charge in [0.25, 0.3) is 0 Å². The predicted octanol–water partition coefficient (Wildman–Crippen LogP) is 3.29.